The van der Waals surface area contributed by atoms with Crippen molar-refractivity contribution in [1.82, 2.24) is 14.9 Å². The second-order valence-electron chi connectivity index (χ2n) is 7.09. The van der Waals surface area contributed by atoms with Crippen LogP contribution in [0.1, 0.15) is 48.6 Å². The van der Waals surface area contributed by atoms with Crippen molar-refractivity contribution in [3.8, 4) is 0 Å². The Bertz CT molecular complexity index is 957. The molecular formula is C20H21ClN4O2S2. The van der Waals surface area contributed by atoms with Crippen molar-refractivity contribution in [3.05, 3.63) is 62.8 Å². The molecule has 2 heterocycles. The second kappa shape index (κ2) is 9.02. The molecule has 0 aliphatic carbocycles. The number of rotatable bonds is 7. The van der Waals surface area contributed by atoms with E-state index < -0.39 is 17.5 Å². The third-order valence-electron chi connectivity index (χ3n) is 4.57. The van der Waals surface area contributed by atoms with Crippen molar-refractivity contribution in [3.63, 3.8) is 0 Å². The second-order valence-corrected chi connectivity index (χ2v) is 9.11. The highest BCUT2D eigenvalue weighted by molar-refractivity contribution is 7.10. The molecule has 2 amide bonds. The lowest BCUT2D eigenvalue weighted by molar-refractivity contribution is -0.124. The molecule has 1 aromatic carbocycles. The largest absolute Gasteiger partial charge is 0.349 e. The molecular weight excluding hydrogens is 428 g/mol. The van der Waals surface area contributed by atoms with Crippen molar-refractivity contribution in [1.29, 1.82) is 0 Å². The van der Waals surface area contributed by atoms with Gasteiger partial charge in [-0.3, -0.25) is 14.5 Å². The van der Waals surface area contributed by atoms with E-state index in [0.29, 0.717) is 10.7 Å². The molecule has 1 N–H and O–H groups in total. The third kappa shape index (κ3) is 5.01. The highest BCUT2D eigenvalue weighted by Crippen LogP contribution is 2.33. The lowest BCUT2D eigenvalue weighted by Gasteiger charge is -2.33. The predicted octanol–water partition coefficient (Wildman–Crippen LogP) is 4.95. The summed E-state index contributed by atoms with van der Waals surface area (Å²) in [7, 11) is 0. The van der Waals surface area contributed by atoms with E-state index >= 15 is 0 Å². The zero-order valence-electron chi connectivity index (χ0n) is 16.3. The summed E-state index contributed by atoms with van der Waals surface area (Å²) in [4.78, 5) is 29.0. The van der Waals surface area contributed by atoms with Gasteiger partial charge < -0.3 is 5.32 Å². The molecule has 3 aromatic rings. The number of hydrogen-bond donors (Lipinski definition) is 1. The molecule has 9 heteroatoms. The maximum atomic E-state index is 13.4. The average Bonchev–Trinajstić information content (AvgIpc) is 3.40. The smallest absolute Gasteiger partial charge is 0.280 e. The van der Waals surface area contributed by atoms with Crippen LogP contribution in [0.4, 0.5) is 5.69 Å². The van der Waals surface area contributed by atoms with Crippen LogP contribution in [-0.2, 0) is 4.79 Å². The van der Waals surface area contributed by atoms with Gasteiger partial charge >= 0.3 is 0 Å². The SMILES string of the molecule is CCC(C)(C)NC(=O)[C@@H](c1cccs1)N(C(=O)c1csnn1)c1ccc(Cl)cc1. The molecule has 1 atom stereocenters. The first-order chi connectivity index (χ1) is 13.8. The summed E-state index contributed by atoms with van der Waals surface area (Å²) in [6, 6.07) is 9.68. The molecule has 6 nitrogen and oxygen atoms in total. The number of aromatic nitrogens is 2. The number of nitrogens with zero attached hydrogens (tertiary/aromatic N) is 3. The molecule has 0 bridgehead atoms. The van der Waals surface area contributed by atoms with Gasteiger partial charge in [-0.25, -0.2) is 0 Å². The molecule has 0 saturated heterocycles. The monoisotopic (exact) mass is 448 g/mol. The maximum Gasteiger partial charge on any atom is 0.280 e. The molecule has 0 aliphatic heterocycles. The Balaban J connectivity index is 2.10. The van der Waals surface area contributed by atoms with Gasteiger partial charge in [0.2, 0.25) is 5.91 Å². The molecule has 152 valence electrons. The molecule has 0 saturated carbocycles. The summed E-state index contributed by atoms with van der Waals surface area (Å²) >= 11 is 8.55. The van der Waals surface area contributed by atoms with Gasteiger partial charge in [-0.1, -0.05) is 29.1 Å². The van der Waals surface area contributed by atoms with E-state index in [2.05, 4.69) is 14.9 Å². The van der Waals surface area contributed by atoms with Crippen LogP contribution in [0.3, 0.4) is 0 Å². The van der Waals surface area contributed by atoms with E-state index in [1.165, 1.54) is 16.2 Å². The first kappa shape index (κ1) is 21.4. The number of nitrogens with one attached hydrogen (secondary N) is 1. The van der Waals surface area contributed by atoms with Crippen LogP contribution in [-0.4, -0.2) is 26.9 Å². The Morgan fingerprint density at radius 2 is 1.97 bits per heavy atom. The van der Waals surface area contributed by atoms with Gasteiger partial charge in [0.15, 0.2) is 11.7 Å². The molecule has 0 radical (unpaired) electrons. The highest BCUT2D eigenvalue weighted by Gasteiger charge is 2.36. The fourth-order valence-electron chi connectivity index (χ4n) is 2.68. The highest BCUT2D eigenvalue weighted by atomic mass is 35.5. The van der Waals surface area contributed by atoms with Crippen LogP contribution in [0.2, 0.25) is 5.02 Å². The Morgan fingerprint density at radius 1 is 1.24 bits per heavy atom. The number of thiophene rings is 1. The molecule has 2 aromatic heterocycles. The summed E-state index contributed by atoms with van der Waals surface area (Å²) in [5.41, 5.74) is 0.327. The fourth-order valence-corrected chi connectivity index (χ4v) is 4.05. The lowest BCUT2D eigenvalue weighted by atomic mass is 10.0. The van der Waals surface area contributed by atoms with Gasteiger partial charge in [0.05, 0.1) is 0 Å². The summed E-state index contributed by atoms with van der Waals surface area (Å²) in [6.07, 6.45) is 0.751. The number of halogens is 1. The first-order valence-electron chi connectivity index (χ1n) is 9.04. The van der Waals surface area contributed by atoms with Crippen LogP contribution in [0.5, 0.6) is 0 Å². The van der Waals surface area contributed by atoms with Crippen LogP contribution < -0.4 is 10.2 Å². The van der Waals surface area contributed by atoms with E-state index in [4.69, 9.17) is 11.6 Å². The van der Waals surface area contributed by atoms with E-state index in [0.717, 1.165) is 22.8 Å². The van der Waals surface area contributed by atoms with E-state index in [1.54, 1.807) is 29.6 Å². The number of carbonyl (C=O) groups excluding carboxylic acids is 2. The Morgan fingerprint density at radius 3 is 2.52 bits per heavy atom. The van der Waals surface area contributed by atoms with Gasteiger partial charge in [-0.2, -0.15) is 0 Å². The molecule has 0 aliphatic rings. The average molecular weight is 449 g/mol. The number of anilines is 1. The standard InChI is InChI=1S/C20H21ClN4O2S2/c1-4-20(2,3)22-18(26)17(16-6-5-11-28-16)25(14-9-7-13(21)8-10-14)19(27)15-12-29-24-23-15/h5-12,17H,4H2,1-3H3,(H,22,26)/t17-/m1/s1. The van der Waals surface area contributed by atoms with Gasteiger partial charge in [0.1, 0.15) is 0 Å². The Labute approximate surface area is 182 Å². The minimum Gasteiger partial charge on any atom is -0.349 e. The van der Waals surface area contributed by atoms with Crippen molar-refractivity contribution >= 4 is 52.0 Å². The Kier molecular flexibility index (Phi) is 6.66. The summed E-state index contributed by atoms with van der Waals surface area (Å²) < 4.78 is 3.80. The molecule has 0 unspecified atom stereocenters. The number of carbonyl (C=O) groups is 2. The zero-order chi connectivity index (χ0) is 21.0. The van der Waals surface area contributed by atoms with Crippen LogP contribution in [0, 0.1) is 0 Å². The minimum atomic E-state index is -0.851. The molecule has 0 spiro atoms. The summed E-state index contributed by atoms with van der Waals surface area (Å²) in [6.45, 7) is 5.91. The van der Waals surface area contributed by atoms with Crippen molar-refractivity contribution in [2.75, 3.05) is 4.90 Å². The molecule has 29 heavy (non-hydrogen) atoms. The Hall–Kier alpha value is -2.29. The van der Waals surface area contributed by atoms with Crippen LogP contribution in [0.15, 0.2) is 47.2 Å². The van der Waals surface area contributed by atoms with Crippen molar-refractivity contribution in [2.24, 2.45) is 0 Å². The van der Waals surface area contributed by atoms with Crippen LogP contribution >= 0.6 is 34.5 Å². The van der Waals surface area contributed by atoms with Gasteiger partial charge in [0.25, 0.3) is 5.91 Å². The van der Waals surface area contributed by atoms with Gasteiger partial charge in [-0.05, 0) is 67.5 Å². The fraction of sp³-hybridized carbons (Fsp3) is 0.300. The van der Waals surface area contributed by atoms with Crippen molar-refractivity contribution < 1.29 is 9.59 Å². The van der Waals surface area contributed by atoms with Crippen LogP contribution in [0.25, 0.3) is 0 Å². The van der Waals surface area contributed by atoms with E-state index in [-0.39, 0.29) is 11.6 Å². The predicted molar refractivity (Wildman–Crippen MR) is 118 cm³/mol. The minimum absolute atomic E-state index is 0.189. The van der Waals surface area contributed by atoms with Gasteiger partial charge in [-0.15, -0.1) is 16.4 Å². The molecule has 0 fully saturated rings. The maximum absolute atomic E-state index is 13.4. The number of hydrogen-bond acceptors (Lipinski definition) is 6. The normalized spacial score (nSPS) is 12.4. The quantitative estimate of drug-likeness (QED) is 0.555. The number of amides is 2. The third-order valence-corrected chi connectivity index (χ3v) is 6.25. The summed E-state index contributed by atoms with van der Waals surface area (Å²) in [5.74, 6) is -0.658. The summed E-state index contributed by atoms with van der Waals surface area (Å²) in [5, 5.41) is 11.0. The van der Waals surface area contributed by atoms with E-state index in [9.17, 15) is 9.59 Å². The zero-order valence-corrected chi connectivity index (χ0v) is 18.6. The first-order valence-corrected chi connectivity index (χ1v) is 11.1. The van der Waals surface area contributed by atoms with E-state index in [1.807, 2.05) is 38.3 Å². The van der Waals surface area contributed by atoms with Gasteiger partial charge in [0, 0.05) is 26.5 Å². The number of benzene rings is 1. The topological polar surface area (TPSA) is 75.2 Å². The lowest BCUT2D eigenvalue weighted by Crippen LogP contribution is -2.50. The molecule has 3 rings (SSSR count). The van der Waals surface area contributed by atoms with Crippen molar-refractivity contribution in [2.45, 2.75) is 38.8 Å².